The summed E-state index contributed by atoms with van der Waals surface area (Å²) in [5.41, 5.74) is 8.78. The molecule has 7 heteroatoms. The Morgan fingerprint density at radius 3 is 2.50 bits per heavy atom. The fourth-order valence-corrected chi connectivity index (χ4v) is 4.52. The number of nitrogens with two attached hydrogens (primary N) is 1. The van der Waals surface area contributed by atoms with Crippen LogP contribution in [0.1, 0.15) is 24.3 Å². The number of benzene rings is 2. The van der Waals surface area contributed by atoms with Crippen molar-refractivity contribution in [3.05, 3.63) is 60.2 Å². The third-order valence-corrected chi connectivity index (χ3v) is 5.96. The summed E-state index contributed by atoms with van der Waals surface area (Å²) in [4.78, 5) is 28.8. The molecule has 30 heavy (non-hydrogen) atoms. The number of amides is 2. The molecule has 2 aromatic carbocycles. The van der Waals surface area contributed by atoms with E-state index >= 15 is 0 Å². The SMILES string of the molecule is Cl.NC[C@@H]1CN(CC(=O)Nc2ccccc2N2CCCC2=O)C[C@H]1c1ccccc1. The number of halogens is 1. The van der Waals surface area contributed by atoms with Crippen molar-refractivity contribution in [2.75, 3.05) is 42.9 Å². The van der Waals surface area contributed by atoms with Gasteiger partial charge in [-0.1, -0.05) is 42.5 Å². The van der Waals surface area contributed by atoms with Crippen molar-refractivity contribution in [2.24, 2.45) is 11.7 Å². The number of carbonyl (C=O) groups is 2. The van der Waals surface area contributed by atoms with E-state index in [9.17, 15) is 9.59 Å². The fourth-order valence-electron chi connectivity index (χ4n) is 4.52. The van der Waals surface area contributed by atoms with Gasteiger partial charge in [-0.15, -0.1) is 12.4 Å². The lowest BCUT2D eigenvalue weighted by molar-refractivity contribution is -0.118. The zero-order valence-electron chi connectivity index (χ0n) is 17.0. The summed E-state index contributed by atoms with van der Waals surface area (Å²) in [6, 6.07) is 17.9. The van der Waals surface area contributed by atoms with Crippen molar-refractivity contribution >= 4 is 35.6 Å². The first-order valence-electron chi connectivity index (χ1n) is 10.3. The van der Waals surface area contributed by atoms with Gasteiger partial charge in [-0.2, -0.15) is 0 Å². The van der Waals surface area contributed by atoms with E-state index in [1.54, 1.807) is 4.90 Å². The van der Waals surface area contributed by atoms with Gasteiger partial charge in [0.1, 0.15) is 0 Å². The Morgan fingerprint density at radius 1 is 1.07 bits per heavy atom. The van der Waals surface area contributed by atoms with Crippen molar-refractivity contribution in [3.63, 3.8) is 0 Å². The van der Waals surface area contributed by atoms with Crippen LogP contribution in [0.25, 0.3) is 0 Å². The van der Waals surface area contributed by atoms with E-state index in [0.717, 1.165) is 25.2 Å². The Hall–Kier alpha value is -2.41. The van der Waals surface area contributed by atoms with Gasteiger partial charge in [0, 0.05) is 32.0 Å². The lowest BCUT2D eigenvalue weighted by Gasteiger charge is -2.21. The molecule has 0 bridgehead atoms. The number of carbonyl (C=O) groups excluding carboxylic acids is 2. The number of nitrogens with one attached hydrogen (secondary N) is 1. The predicted molar refractivity (Wildman–Crippen MR) is 122 cm³/mol. The average Bonchev–Trinajstić information content (AvgIpc) is 3.35. The van der Waals surface area contributed by atoms with E-state index in [1.165, 1.54) is 5.56 Å². The van der Waals surface area contributed by atoms with Gasteiger partial charge in [0.2, 0.25) is 11.8 Å². The van der Waals surface area contributed by atoms with Crippen molar-refractivity contribution in [1.82, 2.24) is 4.90 Å². The quantitative estimate of drug-likeness (QED) is 0.741. The predicted octanol–water partition coefficient (Wildman–Crippen LogP) is 2.85. The number of anilines is 2. The molecule has 2 aliphatic rings. The van der Waals surface area contributed by atoms with Crippen LogP contribution in [-0.2, 0) is 9.59 Å². The van der Waals surface area contributed by atoms with Crippen molar-refractivity contribution in [3.8, 4) is 0 Å². The van der Waals surface area contributed by atoms with Gasteiger partial charge >= 0.3 is 0 Å². The maximum Gasteiger partial charge on any atom is 0.238 e. The smallest absolute Gasteiger partial charge is 0.238 e. The van der Waals surface area contributed by atoms with Crippen LogP contribution in [0.4, 0.5) is 11.4 Å². The Balaban J connectivity index is 0.00000256. The molecule has 2 aliphatic heterocycles. The molecule has 0 spiro atoms. The highest BCUT2D eigenvalue weighted by molar-refractivity contribution is 6.02. The minimum absolute atomic E-state index is 0. The van der Waals surface area contributed by atoms with Crippen LogP contribution in [0.2, 0.25) is 0 Å². The molecular formula is C23H29ClN4O2. The molecule has 2 heterocycles. The molecule has 2 aromatic rings. The molecule has 0 aromatic heterocycles. The van der Waals surface area contributed by atoms with E-state index in [2.05, 4.69) is 34.5 Å². The van der Waals surface area contributed by atoms with E-state index in [4.69, 9.17) is 5.73 Å². The highest BCUT2D eigenvalue weighted by Gasteiger charge is 2.33. The second-order valence-corrected chi connectivity index (χ2v) is 7.92. The summed E-state index contributed by atoms with van der Waals surface area (Å²) < 4.78 is 0. The number of para-hydroxylation sites is 2. The third-order valence-electron chi connectivity index (χ3n) is 5.96. The molecule has 0 radical (unpaired) electrons. The molecule has 0 saturated carbocycles. The Morgan fingerprint density at radius 2 is 1.80 bits per heavy atom. The second kappa shape index (κ2) is 10.1. The van der Waals surface area contributed by atoms with Crippen LogP contribution in [0.3, 0.4) is 0 Å². The van der Waals surface area contributed by atoms with Crippen LogP contribution in [0.15, 0.2) is 54.6 Å². The molecule has 2 amide bonds. The molecule has 4 rings (SSSR count). The topological polar surface area (TPSA) is 78.7 Å². The van der Waals surface area contributed by atoms with Crippen LogP contribution >= 0.6 is 12.4 Å². The van der Waals surface area contributed by atoms with E-state index in [-0.39, 0.29) is 24.2 Å². The normalized spacial score (nSPS) is 21.5. The summed E-state index contributed by atoms with van der Waals surface area (Å²) in [5.74, 6) is 0.750. The molecule has 3 N–H and O–H groups in total. The minimum atomic E-state index is -0.0615. The monoisotopic (exact) mass is 428 g/mol. The first-order chi connectivity index (χ1) is 14.2. The largest absolute Gasteiger partial charge is 0.330 e. The highest BCUT2D eigenvalue weighted by atomic mass is 35.5. The van der Waals surface area contributed by atoms with Gasteiger partial charge in [-0.3, -0.25) is 14.5 Å². The molecule has 6 nitrogen and oxygen atoms in total. The first-order valence-corrected chi connectivity index (χ1v) is 10.3. The summed E-state index contributed by atoms with van der Waals surface area (Å²) in [6.45, 7) is 3.27. The molecule has 2 fully saturated rings. The minimum Gasteiger partial charge on any atom is -0.330 e. The van der Waals surface area contributed by atoms with Crippen molar-refractivity contribution in [2.45, 2.75) is 18.8 Å². The zero-order valence-corrected chi connectivity index (χ0v) is 17.8. The number of rotatable bonds is 6. The summed E-state index contributed by atoms with van der Waals surface area (Å²) in [6.07, 6.45) is 1.42. The van der Waals surface area contributed by atoms with Gasteiger partial charge in [0.15, 0.2) is 0 Å². The van der Waals surface area contributed by atoms with Crippen LogP contribution in [0.5, 0.6) is 0 Å². The van der Waals surface area contributed by atoms with Gasteiger partial charge in [0.25, 0.3) is 0 Å². The standard InChI is InChI=1S/C23H28N4O2.ClH/c24-13-18-14-26(15-19(18)17-7-2-1-3-8-17)16-22(28)25-20-9-4-5-10-21(20)27-12-6-11-23(27)29;/h1-5,7-10,18-19H,6,11-16,24H2,(H,25,28);1H/t18-,19+;/m1./s1. The Labute approximate surface area is 183 Å². The first kappa shape index (κ1) is 22.3. The maximum absolute atomic E-state index is 12.8. The molecule has 0 aliphatic carbocycles. The number of nitrogens with zero attached hydrogens (tertiary/aromatic N) is 2. The Bertz CT molecular complexity index is 877. The molecular weight excluding hydrogens is 400 g/mol. The van der Waals surface area contributed by atoms with Crippen molar-refractivity contribution < 1.29 is 9.59 Å². The maximum atomic E-state index is 12.8. The van der Waals surface area contributed by atoms with E-state index in [0.29, 0.717) is 43.6 Å². The zero-order chi connectivity index (χ0) is 20.2. The summed E-state index contributed by atoms with van der Waals surface area (Å²) in [5, 5.41) is 3.02. The summed E-state index contributed by atoms with van der Waals surface area (Å²) >= 11 is 0. The number of hydrogen-bond donors (Lipinski definition) is 2. The molecule has 2 saturated heterocycles. The lowest BCUT2D eigenvalue weighted by Crippen LogP contribution is -2.33. The van der Waals surface area contributed by atoms with Crippen molar-refractivity contribution in [1.29, 1.82) is 0 Å². The summed E-state index contributed by atoms with van der Waals surface area (Å²) in [7, 11) is 0. The Kier molecular flexibility index (Phi) is 7.48. The lowest BCUT2D eigenvalue weighted by atomic mass is 9.89. The fraction of sp³-hybridized carbons (Fsp3) is 0.391. The second-order valence-electron chi connectivity index (χ2n) is 7.92. The van der Waals surface area contributed by atoms with Gasteiger partial charge < -0.3 is 16.0 Å². The van der Waals surface area contributed by atoms with E-state index < -0.39 is 0 Å². The van der Waals surface area contributed by atoms with Crippen LogP contribution in [0, 0.1) is 5.92 Å². The van der Waals surface area contributed by atoms with Gasteiger partial charge in [0.05, 0.1) is 17.9 Å². The van der Waals surface area contributed by atoms with Gasteiger partial charge in [-0.25, -0.2) is 0 Å². The van der Waals surface area contributed by atoms with Crippen LogP contribution < -0.4 is 16.0 Å². The molecule has 160 valence electrons. The average molecular weight is 429 g/mol. The number of likely N-dealkylation sites (tertiary alicyclic amines) is 1. The molecule has 0 unspecified atom stereocenters. The van der Waals surface area contributed by atoms with Crippen LogP contribution in [-0.4, -0.2) is 49.4 Å². The van der Waals surface area contributed by atoms with Gasteiger partial charge in [-0.05, 0) is 36.6 Å². The molecule has 2 atom stereocenters. The highest BCUT2D eigenvalue weighted by Crippen LogP contribution is 2.32. The third kappa shape index (κ3) is 4.83. The van der Waals surface area contributed by atoms with E-state index in [1.807, 2.05) is 30.3 Å². The number of hydrogen-bond acceptors (Lipinski definition) is 4.